The largest absolute Gasteiger partial charge is 0.478 e. The second-order valence-corrected chi connectivity index (χ2v) is 3.86. The Kier molecular flexibility index (Phi) is 3.27. The highest BCUT2D eigenvalue weighted by Crippen LogP contribution is 2.22. The van der Waals surface area contributed by atoms with E-state index in [1.165, 1.54) is 0 Å². The molecule has 0 radical (unpaired) electrons. The maximum Gasteiger partial charge on any atom is 0.339 e. The first-order chi connectivity index (χ1) is 8.61. The summed E-state index contributed by atoms with van der Waals surface area (Å²) in [5.74, 6) is -0.609. The zero-order valence-corrected chi connectivity index (χ0v) is 10.2. The summed E-state index contributed by atoms with van der Waals surface area (Å²) < 4.78 is 1.66. The van der Waals surface area contributed by atoms with Crippen molar-refractivity contribution in [2.45, 2.75) is 6.92 Å². The van der Waals surface area contributed by atoms with Gasteiger partial charge in [-0.2, -0.15) is 5.10 Å². The Morgan fingerprint density at radius 2 is 2.22 bits per heavy atom. The second kappa shape index (κ2) is 4.87. The number of aromatic carboxylic acids is 1. The van der Waals surface area contributed by atoms with E-state index in [1.54, 1.807) is 23.1 Å². The van der Waals surface area contributed by atoms with Gasteiger partial charge in [-0.25, -0.2) is 9.78 Å². The van der Waals surface area contributed by atoms with E-state index >= 15 is 0 Å². The van der Waals surface area contributed by atoms with E-state index in [9.17, 15) is 4.79 Å². The Hall–Kier alpha value is -2.37. The van der Waals surface area contributed by atoms with Crippen LogP contribution in [0.1, 0.15) is 17.3 Å². The van der Waals surface area contributed by atoms with Crippen LogP contribution in [0.4, 0.5) is 5.82 Å². The number of carbonyl (C=O) groups is 1. The van der Waals surface area contributed by atoms with Gasteiger partial charge in [0.2, 0.25) is 0 Å². The molecule has 0 spiro atoms. The van der Waals surface area contributed by atoms with Crippen molar-refractivity contribution in [2.24, 2.45) is 7.05 Å². The molecule has 0 saturated carbocycles. The van der Waals surface area contributed by atoms with Crippen LogP contribution in [0.25, 0.3) is 11.1 Å². The first-order valence-corrected chi connectivity index (χ1v) is 5.58. The van der Waals surface area contributed by atoms with Gasteiger partial charge in [0, 0.05) is 37.1 Å². The molecule has 2 heterocycles. The fraction of sp³-hybridized carbons (Fsp3) is 0.250. The van der Waals surface area contributed by atoms with Crippen molar-refractivity contribution < 1.29 is 9.90 Å². The molecule has 0 atom stereocenters. The summed E-state index contributed by atoms with van der Waals surface area (Å²) in [4.78, 5) is 15.3. The lowest BCUT2D eigenvalue weighted by Gasteiger charge is -2.07. The third kappa shape index (κ3) is 2.32. The molecular formula is C12H14N4O2. The predicted octanol–water partition coefficient (Wildman–Crippen LogP) is 1.61. The lowest BCUT2D eigenvalue weighted by Crippen LogP contribution is -2.08. The Balaban J connectivity index is 2.46. The topological polar surface area (TPSA) is 80.0 Å². The molecule has 0 amide bonds. The van der Waals surface area contributed by atoms with Crippen molar-refractivity contribution >= 4 is 11.8 Å². The maximum absolute atomic E-state index is 11.2. The number of aromatic nitrogens is 3. The first-order valence-electron chi connectivity index (χ1n) is 5.58. The standard InChI is InChI=1S/C12H14N4O2/c1-3-13-11-10(12(17)18)4-8(5-14-11)9-6-15-16(2)7-9/h4-7H,3H2,1-2H3,(H,13,14)(H,17,18). The van der Waals surface area contributed by atoms with Gasteiger partial charge in [0.05, 0.1) is 6.20 Å². The predicted molar refractivity (Wildman–Crippen MR) is 67.6 cm³/mol. The lowest BCUT2D eigenvalue weighted by atomic mass is 10.1. The third-order valence-electron chi connectivity index (χ3n) is 2.50. The van der Waals surface area contributed by atoms with E-state index in [4.69, 9.17) is 5.11 Å². The van der Waals surface area contributed by atoms with Gasteiger partial charge in [0.25, 0.3) is 0 Å². The van der Waals surface area contributed by atoms with Crippen molar-refractivity contribution in [1.29, 1.82) is 0 Å². The number of carboxylic acids is 1. The molecule has 0 saturated heterocycles. The van der Waals surface area contributed by atoms with E-state index in [2.05, 4.69) is 15.4 Å². The van der Waals surface area contributed by atoms with Gasteiger partial charge < -0.3 is 10.4 Å². The van der Waals surface area contributed by atoms with Crippen LogP contribution < -0.4 is 5.32 Å². The highest BCUT2D eigenvalue weighted by atomic mass is 16.4. The molecule has 0 unspecified atom stereocenters. The fourth-order valence-corrected chi connectivity index (χ4v) is 1.66. The molecule has 94 valence electrons. The van der Waals surface area contributed by atoms with Crippen LogP contribution in [0.3, 0.4) is 0 Å². The van der Waals surface area contributed by atoms with Crippen LogP contribution in [-0.2, 0) is 7.05 Å². The van der Waals surface area contributed by atoms with Gasteiger partial charge >= 0.3 is 5.97 Å². The van der Waals surface area contributed by atoms with Gasteiger partial charge in [-0.1, -0.05) is 0 Å². The van der Waals surface area contributed by atoms with E-state index in [0.717, 1.165) is 11.1 Å². The minimum absolute atomic E-state index is 0.165. The summed E-state index contributed by atoms with van der Waals surface area (Å²) in [6.45, 7) is 2.52. The maximum atomic E-state index is 11.2. The molecular weight excluding hydrogens is 232 g/mol. The number of rotatable bonds is 4. The molecule has 2 rings (SSSR count). The molecule has 18 heavy (non-hydrogen) atoms. The zero-order valence-electron chi connectivity index (χ0n) is 10.2. The van der Waals surface area contributed by atoms with E-state index in [-0.39, 0.29) is 5.56 Å². The summed E-state index contributed by atoms with van der Waals surface area (Å²) >= 11 is 0. The molecule has 0 aliphatic rings. The fourth-order valence-electron chi connectivity index (χ4n) is 1.66. The van der Waals surface area contributed by atoms with Gasteiger partial charge in [-0.05, 0) is 13.0 Å². The Morgan fingerprint density at radius 3 is 2.78 bits per heavy atom. The number of hydrogen-bond donors (Lipinski definition) is 2. The number of aryl methyl sites for hydroxylation is 1. The second-order valence-electron chi connectivity index (χ2n) is 3.86. The van der Waals surface area contributed by atoms with Gasteiger partial charge in [-0.15, -0.1) is 0 Å². The molecule has 0 aromatic carbocycles. The van der Waals surface area contributed by atoms with Crippen LogP contribution in [0.15, 0.2) is 24.7 Å². The van der Waals surface area contributed by atoms with E-state index < -0.39 is 5.97 Å². The normalized spacial score (nSPS) is 10.3. The Bertz CT molecular complexity index is 577. The zero-order chi connectivity index (χ0) is 13.1. The number of nitrogens with one attached hydrogen (secondary N) is 1. The molecule has 0 aliphatic heterocycles. The lowest BCUT2D eigenvalue weighted by molar-refractivity contribution is 0.0697. The molecule has 0 aliphatic carbocycles. The monoisotopic (exact) mass is 246 g/mol. The Morgan fingerprint density at radius 1 is 1.44 bits per heavy atom. The average molecular weight is 246 g/mol. The summed E-state index contributed by atoms with van der Waals surface area (Å²) in [6, 6.07) is 1.60. The van der Waals surface area contributed by atoms with Crippen molar-refractivity contribution in [2.75, 3.05) is 11.9 Å². The third-order valence-corrected chi connectivity index (χ3v) is 2.50. The van der Waals surface area contributed by atoms with Crippen LogP contribution in [0, 0.1) is 0 Å². The van der Waals surface area contributed by atoms with Crippen LogP contribution in [0.5, 0.6) is 0 Å². The molecule has 6 nitrogen and oxygen atoms in total. The van der Waals surface area contributed by atoms with Gasteiger partial charge in [-0.3, -0.25) is 4.68 Å². The average Bonchev–Trinajstić information content (AvgIpc) is 2.76. The van der Waals surface area contributed by atoms with Gasteiger partial charge in [0.1, 0.15) is 11.4 Å². The van der Waals surface area contributed by atoms with Crippen molar-refractivity contribution in [3.63, 3.8) is 0 Å². The van der Waals surface area contributed by atoms with Crippen molar-refractivity contribution in [3.8, 4) is 11.1 Å². The summed E-state index contributed by atoms with van der Waals surface area (Å²) in [5.41, 5.74) is 1.75. The van der Waals surface area contributed by atoms with Gasteiger partial charge in [0.15, 0.2) is 0 Å². The van der Waals surface area contributed by atoms with E-state index in [1.807, 2.05) is 20.2 Å². The number of carboxylic acid groups (broad SMARTS) is 1. The first kappa shape index (κ1) is 12.1. The van der Waals surface area contributed by atoms with Crippen LogP contribution >= 0.6 is 0 Å². The van der Waals surface area contributed by atoms with Crippen molar-refractivity contribution in [3.05, 3.63) is 30.2 Å². The summed E-state index contributed by atoms with van der Waals surface area (Å²) in [5, 5.41) is 16.1. The highest BCUT2D eigenvalue weighted by Gasteiger charge is 2.13. The smallest absolute Gasteiger partial charge is 0.339 e. The SMILES string of the molecule is CCNc1ncc(-c2cnn(C)c2)cc1C(=O)O. The number of nitrogens with zero attached hydrogens (tertiary/aromatic N) is 3. The quantitative estimate of drug-likeness (QED) is 0.856. The van der Waals surface area contributed by atoms with Crippen molar-refractivity contribution in [1.82, 2.24) is 14.8 Å². The molecule has 2 aromatic heterocycles. The summed E-state index contributed by atoms with van der Waals surface area (Å²) in [6.07, 6.45) is 5.13. The number of anilines is 1. The number of hydrogen-bond acceptors (Lipinski definition) is 4. The molecule has 0 bridgehead atoms. The minimum atomic E-state index is -0.996. The Labute approximate surface area is 104 Å². The van der Waals surface area contributed by atoms with Crippen LogP contribution in [0.2, 0.25) is 0 Å². The van der Waals surface area contributed by atoms with Crippen LogP contribution in [-0.4, -0.2) is 32.4 Å². The summed E-state index contributed by atoms with van der Waals surface area (Å²) in [7, 11) is 1.81. The van der Waals surface area contributed by atoms with E-state index in [0.29, 0.717) is 12.4 Å². The number of pyridine rings is 1. The molecule has 6 heteroatoms. The molecule has 2 N–H and O–H groups in total. The highest BCUT2D eigenvalue weighted by molar-refractivity contribution is 5.94. The minimum Gasteiger partial charge on any atom is -0.478 e. The molecule has 0 fully saturated rings. The molecule has 2 aromatic rings.